The predicted octanol–water partition coefficient (Wildman–Crippen LogP) is 1.61. The molecule has 0 aromatic heterocycles. The van der Waals surface area contributed by atoms with Crippen molar-refractivity contribution in [3.63, 3.8) is 0 Å². The van der Waals surface area contributed by atoms with Gasteiger partial charge in [-0.25, -0.2) is 0 Å². The number of hydrogen-bond acceptors (Lipinski definition) is 3. The summed E-state index contributed by atoms with van der Waals surface area (Å²) in [6, 6.07) is 5.86. The molecule has 13 heavy (non-hydrogen) atoms. The second-order valence-electron chi connectivity index (χ2n) is 2.73. The molecular weight excluding hydrogens is 166 g/mol. The first kappa shape index (κ1) is 7.98. The third-order valence-corrected chi connectivity index (χ3v) is 1.84. The van der Waals surface area contributed by atoms with Crippen molar-refractivity contribution < 1.29 is 9.47 Å². The highest BCUT2D eigenvalue weighted by Gasteiger charge is 2.11. The van der Waals surface area contributed by atoms with E-state index in [4.69, 9.17) is 9.47 Å². The van der Waals surface area contributed by atoms with Crippen molar-refractivity contribution in [1.29, 1.82) is 0 Å². The van der Waals surface area contributed by atoms with Gasteiger partial charge in [0.1, 0.15) is 0 Å². The van der Waals surface area contributed by atoms with E-state index in [9.17, 15) is 0 Å². The zero-order valence-corrected chi connectivity index (χ0v) is 7.41. The molecule has 1 aromatic carbocycles. The normalized spacial score (nSPS) is 13.6. The van der Waals surface area contributed by atoms with Crippen LogP contribution in [0.15, 0.2) is 24.4 Å². The summed E-state index contributed by atoms with van der Waals surface area (Å²) in [6.45, 7) is 0.328. The molecule has 0 bridgehead atoms. The number of nitrogens with one attached hydrogen (secondary N) is 1. The molecule has 68 valence electrons. The second kappa shape index (κ2) is 3.39. The molecule has 0 radical (unpaired) electrons. The Morgan fingerprint density at radius 3 is 3.00 bits per heavy atom. The molecule has 1 N–H and O–H groups in total. The van der Waals surface area contributed by atoms with Crippen molar-refractivity contribution in [3.8, 4) is 11.5 Å². The standard InChI is InChI=1S/C10H11NO2/c1-11-5-4-8-2-3-9-10(6-8)13-7-12-9/h2-6,11H,7H2,1H3. The average molecular weight is 177 g/mol. The van der Waals surface area contributed by atoms with Gasteiger partial charge < -0.3 is 14.8 Å². The molecule has 0 atom stereocenters. The summed E-state index contributed by atoms with van der Waals surface area (Å²) >= 11 is 0. The molecule has 1 heterocycles. The van der Waals surface area contributed by atoms with Crippen molar-refractivity contribution in [1.82, 2.24) is 5.32 Å². The molecule has 1 aliphatic rings. The quantitative estimate of drug-likeness (QED) is 0.744. The van der Waals surface area contributed by atoms with E-state index in [0.29, 0.717) is 6.79 Å². The van der Waals surface area contributed by atoms with E-state index in [1.165, 1.54) is 0 Å². The van der Waals surface area contributed by atoms with Crippen LogP contribution in [0.3, 0.4) is 0 Å². The molecule has 0 spiro atoms. The second-order valence-corrected chi connectivity index (χ2v) is 2.73. The summed E-state index contributed by atoms with van der Waals surface area (Å²) < 4.78 is 10.4. The van der Waals surface area contributed by atoms with E-state index in [2.05, 4.69) is 5.32 Å². The van der Waals surface area contributed by atoms with Gasteiger partial charge in [-0.2, -0.15) is 0 Å². The van der Waals surface area contributed by atoms with Crippen molar-refractivity contribution in [2.45, 2.75) is 0 Å². The zero-order chi connectivity index (χ0) is 9.10. The fourth-order valence-corrected chi connectivity index (χ4v) is 1.20. The van der Waals surface area contributed by atoms with E-state index >= 15 is 0 Å². The molecule has 2 rings (SSSR count). The van der Waals surface area contributed by atoms with Crippen LogP contribution in [-0.4, -0.2) is 13.8 Å². The van der Waals surface area contributed by atoms with Gasteiger partial charge >= 0.3 is 0 Å². The topological polar surface area (TPSA) is 30.5 Å². The minimum atomic E-state index is 0.328. The fraction of sp³-hybridized carbons (Fsp3) is 0.200. The van der Waals surface area contributed by atoms with Gasteiger partial charge in [-0.3, -0.25) is 0 Å². The zero-order valence-electron chi connectivity index (χ0n) is 7.41. The number of hydrogen-bond donors (Lipinski definition) is 1. The first-order valence-electron chi connectivity index (χ1n) is 4.13. The highest BCUT2D eigenvalue weighted by Crippen LogP contribution is 2.32. The van der Waals surface area contributed by atoms with Crippen molar-refractivity contribution >= 4 is 6.08 Å². The Bertz CT molecular complexity index is 334. The summed E-state index contributed by atoms with van der Waals surface area (Å²) in [6.07, 6.45) is 3.85. The maximum Gasteiger partial charge on any atom is 0.231 e. The van der Waals surface area contributed by atoms with E-state index < -0.39 is 0 Å². The summed E-state index contributed by atoms with van der Waals surface area (Å²) in [5.41, 5.74) is 1.10. The minimum absolute atomic E-state index is 0.328. The lowest BCUT2D eigenvalue weighted by Gasteiger charge is -1.97. The SMILES string of the molecule is CNC=Cc1ccc2c(c1)OCO2. The number of rotatable bonds is 2. The summed E-state index contributed by atoms with van der Waals surface area (Å²) in [5.74, 6) is 1.64. The highest BCUT2D eigenvalue weighted by atomic mass is 16.7. The first-order valence-corrected chi connectivity index (χ1v) is 4.13. The highest BCUT2D eigenvalue weighted by molar-refractivity contribution is 5.56. The molecule has 0 saturated heterocycles. The fourth-order valence-electron chi connectivity index (χ4n) is 1.20. The largest absolute Gasteiger partial charge is 0.454 e. The Morgan fingerprint density at radius 2 is 2.15 bits per heavy atom. The van der Waals surface area contributed by atoms with Crippen molar-refractivity contribution in [3.05, 3.63) is 30.0 Å². The first-order chi connectivity index (χ1) is 6.40. The average Bonchev–Trinajstić information content (AvgIpc) is 2.61. The van der Waals surface area contributed by atoms with Gasteiger partial charge in [-0.05, 0) is 30.0 Å². The molecule has 0 amide bonds. The number of benzene rings is 1. The van der Waals surface area contributed by atoms with Gasteiger partial charge in [0.2, 0.25) is 6.79 Å². The molecular formula is C10H11NO2. The van der Waals surface area contributed by atoms with E-state index in [-0.39, 0.29) is 0 Å². The molecule has 1 aromatic rings. The number of ether oxygens (including phenoxy) is 2. The van der Waals surface area contributed by atoms with Crippen LogP contribution in [0.1, 0.15) is 5.56 Å². The minimum Gasteiger partial charge on any atom is -0.454 e. The smallest absolute Gasteiger partial charge is 0.231 e. The van der Waals surface area contributed by atoms with Gasteiger partial charge in [0.05, 0.1) is 0 Å². The third kappa shape index (κ3) is 1.59. The Balaban J connectivity index is 2.25. The van der Waals surface area contributed by atoms with Gasteiger partial charge in [-0.1, -0.05) is 6.07 Å². The summed E-state index contributed by atoms with van der Waals surface area (Å²) in [7, 11) is 1.86. The Hall–Kier alpha value is -1.64. The predicted molar refractivity (Wildman–Crippen MR) is 50.7 cm³/mol. The van der Waals surface area contributed by atoms with Crippen LogP contribution < -0.4 is 14.8 Å². The van der Waals surface area contributed by atoms with Gasteiger partial charge in [-0.15, -0.1) is 0 Å². The lowest BCUT2D eigenvalue weighted by atomic mass is 10.2. The van der Waals surface area contributed by atoms with Crippen LogP contribution in [-0.2, 0) is 0 Å². The summed E-state index contributed by atoms with van der Waals surface area (Å²) in [5, 5.41) is 2.93. The third-order valence-electron chi connectivity index (χ3n) is 1.84. The van der Waals surface area contributed by atoms with Crippen LogP contribution >= 0.6 is 0 Å². The van der Waals surface area contributed by atoms with Gasteiger partial charge in [0.15, 0.2) is 11.5 Å². The number of fused-ring (bicyclic) bond motifs is 1. The van der Waals surface area contributed by atoms with Crippen molar-refractivity contribution in [2.24, 2.45) is 0 Å². The van der Waals surface area contributed by atoms with E-state index in [0.717, 1.165) is 17.1 Å². The Morgan fingerprint density at radius 1 is 1.31 bits per heavy atom. The lowest BCUT2D eigenvalue weighted by Crippen LogP contribution is -1.92. The summed E-state index contributed by atoms with van der Waals surface area (Å²) in [4.78, 5) is 0. The van der Waals surface area contributed by atoms with Crippen LogP contribution in [0.5, 0.6) is 11.5 Å². The van der Waals surface area contributed by atoms with Crippen LogP contribution in [0.25, 0.3) is 6.08 Å². The molecule has 3 heteroatoms. The molecule has 3 nitrogen and oxygen atoms in total. The van der Waals surface area contributed by atoms with Crippen LogP contribution in [0.2, 0.25) is 0 Å². The molecule has 0 fully saturated rings. The molecule has 0 aliphatic carbocycles. The Labute approximate surface area is 77.0 Å². The van der Waals surface area contributed by atoms with Crippen LogP contribution in [0.4, 0.5) is 0 Å². The lowest BCUT2D eigenvalue weighted by molar-refractivity contribution is 0.174. The van der Waals surface area contributed by atoms with E-state index in [1.54, 1.807) is 0 Å². The maximum atomic E-state index is 5.24. The maximum absolute atomic E-state index is 5.24. The Kier molecular flexibility index (Phi) is 2.08. The monoisotopic (exact) mass is 177 g/mol. The van der Waals surface area contributed by atoms with Crippen molar-refractivity contribution in [2.75, 3.05) is 13.8 Å². The van der Waals surface area contributed by atoms with Gasteiger partial charge in [0.25, 0.3) is 0 Å². The van der Waals surface area contributed by atoms with E-state index in [1.807, 2.05) is 37.5 Å². The molecule has 0 saturated carbocycles. The van der Waals surface area contributed by atoms with Crippen LogP contribution in [0, 0.1) is 0 Å². The van der Waals surface area contributed by atoms with Gasteiger partial charge in [0, 0.05) is 7.05 Å². The molecule has 1 aliphatic heterocycles. The molecule has 0 unspecified atom stereocenters.